The number of hydrazine groups is 1. The van der Waals surface area contributed by atoms with E-state index < -0.39 is 0 Å². The van der Waals surface area contributed by atoms with Crippen LogP contribution in [0.15, 0.2) is 6.07 Å². The summed E-state index contributed by atoms with van der Waals surface area (Å²) < 4.78 is 5.35. The lowest BCUT2D eigenvalue weighted by Gasteiger charge is -2.16. The van der Waals surface area contributed by atoms with Gasteiger partial charge in [-0.2, -0.15) is 0 Å². The lowest BCUT2D eigenvalue weighted by molar-refractivity contribution is -0.124. The minimum atomic E-state index is 0.0391. The number of amides is 1. The molecule has 4 heteroatoms. The highest BCUT2D eigenvalue weighted by Crippen LogP contribution is 2.28. The van der Waals surface area contributed by atoms with Gasteiger partial charge in [-0.05, 0) is 55.5 Å². The molecule has 0 aliphatic rings. The second-order valence-electron chi connectivity index (χ2n) is 5.05. The van der Waals surface area contributed by atoms with Crippen molar-refractivity contribution >= 4 is 5.91 Å². The summed E-state index contributed by atoms with van der Waals surface area (Å²) in [6, 6.07) is 2.04. The van der Waals surface area contributed by atoms with Gasteiger partial charge in [0.25, 0.3) is 0 Å². The van der Waals surface area contributed by atoms with E-state index in [9.17, 15) is 4.79 Å². The van der Waals surface area contributed by atoms with Crippen molar-refractivity contribution in [1.29, 1.82) is 0 Å². The van der Waals surface area contributed by atoms with Gasteiger partial charge in [0.05, 0.1) is 7.11 Å². The third kappa shape index (κ3) is 3.96. The highest BCUT2D eigenvalue weighted by Gasteiger charge is 2.12. The summed E-state index contributed by atoms with van der Waals surface area (Å²) in [7, 11) is 5.31. The number of carbonyl (C=O) groups is 1. The van der Waals surface area contributed by atoms with Gasteiger partial charge in [0, 0.05) is 20.5 Å². The number of hydrogen-bond donors (Lipinski definition) is 1. The molecule has 1 aromatic carbocycles. The lowest BCUT2D eigenvalue weighted by atomic mass is 9.94. The first-order valence-corrected chi connectivity index (χ1v) is 6.47. The summed E-state index contributed by atoms with van der Waals surface area (Å²) in [5, 5.41) is 1.67. The second-order valence-corrected chi connectivity index (χ2v) is 5.05. The number of ether oxygens (including phenoxy) is 1. The molecule has 0 saturated carbocycles. The molecule has 0 fully saturated rings. The normalized spacial score (nSPS) is 10.7. The van der Waals surface area contributed by atoms with Gasteiger partial charge in [-0.3, -0.25) is 10.2 Å². The Labute approximate surface area is 115 Å². The lowest BCUT2D eigenvalue weighted by Crippen LogP contribution is -2.36. The maximum Gasteiger partial charge on any atom is 0.234 e. The van der Waals surface area contributed by atoms with Crippen LogP contribution in [0.1, 0.15) is 28.7 Å². The summed E-state index contributed by atoms with van der Waals surface area (Å²) in [5.74, 6) is 0.953. The fourth-order valence-corrected chi connectivity index (χ4v) is 2.24. The maximum absolute atomic E-state index is 11.7. The summed E-state index contributed by atoms with van der Waals surface area (Å²) in [4.78, 5) is 11.7. The van der Waals surface area contributed by atoms with Crippen molar-refractivity contribution < 1.29 is 9.53 Å². The maximum atomic E-state index is 11.7. The van der Waals surface area contributed by atoms with Crippen molar-refractivity contribution in [3.05, 3.63) is 28.3 Å². The van der Waals surface area contributed by atoms with Crippen molar-refractivity contribution in [1.82, 2.24) is 10.4 Å². The van der Waals surface area contributed by atoms with Crippen molar-refractivity contribution in [2.75, 3.05) is 21.2 Å². The van der Waals surface area contributed by atoms with E-state index in [0.29, 0.717) is 6.42 Å². The largest absolute Gasteiger partial charge is 0.496 e. The molecule has 0 radical (unpaired) electrons. The highest BCUT2D eigenvalue weighted by molar-refractivity contribution is 5.75. The Morgan fingerprint density at radius 2 is 1.89 bits per heavy atom. The molecule has 4 nitrogen and oxygen atoms in total. The van der Waals surface area contributed by atoms with E-state index in [2.05, 4.69) is 26.2 Å². The number of hydrogen-bond acceptors (Lipinski definition) is 3. The Balaban J connectivity index is 2.85. The number of nitrogens with one attached hydrogen (secondary N) is 1. The van der Waals surface area contributed by atoms with Crippen molar-refractivity contribution in [2.45, 2.75) is 33.6 Å². The molecule has 1 amide bonds. The molecule has 1 aromatic rings. The smallest absolute Gasteiger partial charge is 0.234 e. The van der Waals surface area contributed by atoms with Gasteiger partial charge in [0.1, 0.15) is 5.75 Å². The van der Waals surface area contributed by atoms with Crippen LogP contribution in [-0.4, -0.2) is 32.1 Å². The van der Waals surface area contributed by atoms with Gasteiger partial charge >= 0.3 is 0 Å². The second kappa shape index (κ2) is 6.57. The molecule has 106 valence electrons. The zero-order chi connectivity index (χ0) is 14.6. The quantitative estimate of drug-likeness (QED) is 0.829. The first-order chi connectivity index (χ1) is 8.86. The van der Waals surface area contributed by atoms with Crippen molar-refractivity contribution in [3.63, 3.8) is 0 Å². The Kier molecular flexibility index (Phi) is 5.36. The minimum absolute atomic E-state index is 0.0391. The highest BCUT2D eigenvalue weighted by atomic mass is 16.5. The average Bonchev–Trinajstić information content (AvgIpc) is 2.32. The van der Waals surface area contributed by atoms with Gasteiger partial charge in [-0.1, -0.05) is 0 Å². The molecule has 1 N–H and O–H groups in total. The van der Waals surface area contributed by atoms with Crippen LogP contribution >= 0.6 is 0 Å². The number of rotatable bonds is 5. The van der Waals surface area contributed by atoms with E-state index >= 15 is 0 Å². The van der Waals surface area contributed by atoms with Gasteiger partial charge in [-0.25, -0.2) is 5.01 Å². The van der Waals surface area contributed by atoms with E-state index in [-0.39, 0.29) is 5.91 Å². The fraction of sp³-hybridized carbons (Fsp3) is 0.533. The van der Waals surface area contributed by atoms with Crippen LogP contribution in [0.2, 0.25) is 0 Å². The average molecular weight is 264 g/mol. The molecule has 0 unspecified atom stereocenters. The number of benzene rings is 1. The molecular weight excluding hydrogens is 240 g/mol. The Bertz CT molecular complexity index is 468. The van der Waals surface area contributed by atoms with Crippen LogP contribution in [0.5, 0.6) is 5.75 Å². The van der Waals surface area contributed by atoms with Gasteiger partial charge in [-0.15, -0.1) is 0 Å². The van der Waals surface area contributed by atoms with E-state index in [0.717, 1.165) is 17.7 Å². The van der Waals surface area contributed by atoms with Crippen LogP contribution in [0, 0.1) is 20.8 Å². The van der Waals surface area contributed by atoms with E-state index in [1.807, 2.05) is 20.2 Å². The summed E-state index contributed by atoms with van der Waals surface area (Å²) in [6.07, 6.45) is 1.24. The molecule has 0 bridgehead atoms. The molecule has 0 aromatic heterocycles. The third-order valence-corrected chi connectivity index (χ3v) is 3.38. The minimum Gasteiger partial charge on any atom is -0.496 e. The van der Waals surface area contributed by atoms with Crippen molar-refractivity contribution in [2.24, 2.45) is 0 Å². The summed E-state index contributed by atoms with van der Waals surface area (Å²) >= 11 is 0. The molecule has 0 spiro atoms. The molecule has 0 saturated heterocycles. The third-order valence-electron chi connectivity index (χ3n) is 3.38. The Morgan fingerprint density at radius 1 is 1.26 bits per heavy atom. The molecule has 0 heterocycles. The first-order valence-electron chi connectivity index (χ1n) is 6.47. The first kappa shape index (κ1) is 15.5. The number of aryl methyl sites for hydroxylation is 1. The monoisotopic (exact) mass is 264 g/mol. The predicted molar refractivity (Wildman–Crippen MR) is 77.4 cm³/mol. The zero-order valence-electron chi connectivity index (χ0n) is 12.8. The van der Waals surface area contributed by atoms with Crippen LogP contribution in [-0.2, 0) is 11.2 Å². The molecule has 1 rings (SSSR count). The number of nitrogens with zero attached hydrogens (tertiary/aromatic N) is 1. The summed E-state index contributed by atoms with van der Waals surface area (Å²) in [6.45, 7) is 6.20. The van der Waals surface area contributed by atoms with Gasteiger partial charge in [0.2, 0.25) is 5.91 Å². The van der Waals surface area contributed by atoms with Crippen molar-refractivity contribution in [3.8, 4) is 5.75 Å². The predicted octanol–water partition coefficient (Wildman–Crippen LogP) is 2.15. The number of methoxy groups -OCH3 is 1. The van der Waals surface area contributed by atoms with Crippen LogP contribution in [0.25, 0.3) is 0 Å². The molecule has 0 atom stereocenters. The van der Waals surface area contributed by atoms with Crippen LogP contribution < -0.4 is 10.2 Å². The topological polar surface area (TPSA) is 41.6 Å². The molecular formula is C15H24N2O2. The molecule has 0 aliphatic carbocycles. The van der Waals surface area contributed by atoms with Gasteiger partial charge < -0.3 is 4.74 Å². The standard InChI is InChI=1S/C15H24N2O2/c1-10-9-14(19-6)12(3)11(2)13(10)7-8-15(18)16-17(4)5/h9H,7-8H2,1-6H3,(H,16,18). The molecule has 19 heavy (non-hydrogen) atoms. The fourth-order valence-electron chi connectivity index (χ4n) is 2.24. The van der Waals surface area contributed by atoms with E-state index in [4.69, 9.17) is 4.74 Å². The van der Waals surface area contributed by atoms with Gasteiger partial charge in [0.15, 0.2) is 0 Å². The van der Waals surface area contributed by atoms with E-state index in [1.54, 1.807) is 12.1 Å². The Hall–Kier alpha value is -1.55. The van der Waals surface area contributed by atoms with Crippen LogP contribution in [0.4, 0.5) is 0 Å². The van der Waals surface area contributed by atoms with Crippen LogP contribution in [0.3, 0.4) is 0 Å². The number of carbonyl (C=O) groups excluding carboxylic acids is 1. The SMILES string of the molecule is COc1cc(C)c(CCC(=O)NN(C)C)c(C)c1C. The Morgan fingerprint density at radius 3 is 2.42 bits per heavy atom. The zero-order valence-corrected chi connectivity index (χ0v) is 12.8. The summed E-state index contributed by atoms with van der Waals surface area (Å²) in [5.41, 5.74) is 7.55. The van der Waals surface area contributed by atoms with E-state index in [1.165, 1.54) is 16.7 Å². The molecule has 0 aliphatic heterocycles.